The Morgan fingerprint density at radius 2 is 1.18 bits per heavy atom. The first kappa shape index (κ1) is 14.0. The van der Waals surface area contributed by atoms with E-state index in [9.17, 15) is 0 Å². The molecule has 0 bridgehead atoms. The van der Waals surface area contributed by atoms with E-state index in [1.165, 1.54) is 33.5 Å². The van der Waals surface area contributed by atoms with Crippen molar-refractivity contribution in [3.63, 3.8) is 0 Å². The van der Waals surface area contributed by atoms with Crippen LogP contribution in [0.3, 0.4) is 0 Å². The zero-order valence-electron chi connectivity index (χ0n) is 12.2. The number of nitrogens with one attached hydrogen (secondary N) is 2. The maximum atomic E-state index is 3.33. The molecule has 0 heterocycles. The van der Waals surface area contributed by atoms with Gasteiger partial charge in [-0.1, -0.05) is 0 Å². The maximum absolute atomic E-state index is 3.33. The Labute approximate surface area is 105 Å². The summed E-state index contributed by atoms with van der Waals surface area (Å²) in [5.74, 6) is 0. The zero-order chi connectivity index (χ0) is 13.2. The minimum absolute atomic E-state index is 0.810. The summed E-state index contributed by atoms with van der Waals surface area (Å²) in [5, 5.41) is 0. The molecule has 1 aromatic carbocycles. The molecule has 3 nitrogen and oxygen atoms in total. The summed E-state index contributed by atoms with van der Waals surface area (Å²) in [6, 6.07) is 0. The monoisotopic (exact) mass is 235 g/mol. The second-order valence-electron chi connectivity index (χ2n) is 5.04. The van der Waals surface area contributed by atoms with E-state index in [-0.39, 0.29) is 0 Å². The highest BCUT2D eigenvalue weighted by atomic mass is 15.4. The molecule has 0 saturated carbocycles. The highest BCUT2D eigenvalue weighted by Gasteiger charge is 2.11. The van der Waals surface area contributed by atoms with Gasteiger partial charge in [0.1, 0.15) is 0 Å². The molecule has 0 spiro atoms. The van der Waals surface area contributed by atoms with Gasteiger partial charge in [0.2, 0.25) is 0 Å². The Bertz CT molecular complexity index is 379. The van der Waals surface area contributed by atoms with Crippen molar-refractivity contribution in [3.05, 3.63) is 27.8 Å². The van der Waals surface area contributed by atoms with Gasteiger partial charge in [-0.25, -0.2) is 5.43 Å². The van der Waals surface area contributed by atoms with Gasteiger partial charge in [-0.3, -0.25) is 4.90 Å². The summed E-state index contributed by atoms with van der Waals surface area (Å²) >= 11 is 0. The van der Waals surface area contributed by atoms with Crippen LogP contribution in [0.2, 0.25) is 0 Å². The highest BCUT2D eigenvalue weighted by Crippen LogP contribution is 2.29. The van der Waals surface area contributed by atoms with Gasteiger partial charge in [-0.2, -0.15) is 0 Å². The van der Waals surface area contributed by atoms with Crippen molar-refractivity contribution in [1.29, 1.82) is 0 Å². The minimum Gasteiger partial charge on any atom is -0.320 e. The van der Waals surface area contributed by atoms with Gasteiger partial charge in [0.15, 0.2) is 0 Å². The van der Waals surface area contributed by atoms with Crippen LogP contribution in [-0.4, -0.2) is 25.7 Å². The van der Waals surface area contributed by atoms with Crippen LogP contribution in [0.1, 0.15) is 27.8 Å². The first-order chi connectivity index (χ1) is 7.86. The topological polar surface area (TPSA) is 27.3 Å². The van der Waals surface area contributed by atoms with Crippen molar-refractivity contribution in [3.8, 4) is 0 Å². The molecule has 0 aliphatic heterocycles. The van der Waals surface area contributed by atoms with Crippen molar-refractivity contribution in [2.45, 2.75) is 34.6 Å². The normalized spacial score (nSPS) is 11.1. The van der Waals surface area contributed by atoms with Gasteiger partial charge in [0.25, 0.3) is 0 Å². The van der Waals surface area contributed by atoms with Gasteiger partial charge >= 0.3 is 0 Å². The largest absolute Gasteiger partial charge is 0.320 e. The van der Waals surface area contributed by atoms with Crippen LogP contribution in [0, 0.1) is 34.6 Å². The lowest BCUT2D eigenvalue weighted by Crippen LogP contribution is -2.33. The summed E-state index contributed by atoms with van der Waals surface area (Å²) in [6.07, 6.45) is 0. The molecular weight excluding hydrogens is 210 g/mol. The number of anilines is 1. The molecule has 0 aromatic heterocycles. The first-order valence-corrected chi connectivity index (χ1v) is 6.06. The Hall–Kier alpha value is -1.06. The van der Waals surface area contributed by atoms with Crippen molar-refractivity contribution in [2.75, 3.05) is 26.2 Å². The second kappa shape index (κ2) is 5.52. The third kappa shape index (κ3) is 2.99. The van der Waals surface area contributed by atoms with E-state index in [2.05, 4.69) is 50.4 Å². The van der Waals surface area contributed by atoms with E-state index in [4.69, 9.17) is 0 Å². The van der Waals surface area contributed by atoms with Crippen molar-refractivity contribution in [2.24, 2.45) is 0 Å². The third-order valence-electron chi connectivity index (χ3n) is 3.61. The van der Waals surface area contributed by atoms with E-state index in [1.54, 1.807) is 0 Å². The van der Waals surface area contributed by atoms with Gasteiger partial charge in [-0.05, 0) is 76.5 Å². The van der Waals surface area contributed by atoms with Crippen LogP contribution in [-0.2, 0) is 0 Å². The predicted octanol–water partition coefficient (Wildman–Crippen LogP) is 2.66. The highest BCUT2D eigenvalue weighted by molar-refractivity contribution is 5.64. The lowest BCUT2D eigenvalue weighted by molar-refractivity contribution is 0.383. The average molecular weight is 235 g/mol. The Morgan fingerprint density at radius 1 is 0.765 bits per heavy atom. The van der Waals surface area contributed by atoms with Crippen LogP contribution >= 0.6 is 0 Å². The van der Waals surface area contributed by atoms with E-state index in [0.717, 1.165) is 6.67 Å². The molecule has 0 amide bonds. The SMILES string of the molecule is Cc1c(C)c(C)c(NNCN(C)C)c(C)c1C. The molecule has 2 N–H and O–H groups in total. The summed E-state index contributed by atoms with van der Waals surface area (Å²) in [7, 11) is 4.08. The summed E-state index contributed by atoms with van der Waals surface area (Å²) in [4.78, 5) is 2.09. The molecule has 1 aromatic rings. The fraction of sp³-hybridized carbons (Fsp3) is 0.571. The quantitative estimate of drug-likeness (QED) is 0.620. The molecule has 0 fully saturated rings. The van der Waals surface area contributed by atoms with Crippen LogP contribution in [0.4, 0.5) is 5.69 Å². The van der Waals surface area contributed by atoms with Gasteiger partial charge < -0.3 is 5.43 Å². The second-order valence-corrected chi connectivity index (χ2v) is 5.04. The molecule has 0 radical (unpaired) electrons. The molecule has 0 atom stereocenters. The zero-order valence-corrected chi connectivity index (χ0v) is 12.2. The number of hydrogen-bond donors (Lipinski definition) is 2. The van der Waals surface area contributed by atoms with Crippen molar-refractivity contribution in [1.82, 2.24) is 10.3 Å². The van der Waals surface area contributed by atoms with Crippen LogP contribution < -0.4 is 10.9 Å². The predicted molar refractivity (Wildman–Crippen MR) is 75.4 cm³/mol. The summed E-state index contributed by atoms with van der Waals surface area (Å²) < 4.78 is 0. The molecule has 0 unspecified atom stereocenters. The Morgan fingerprint density at radius 3 is 1.59 bits per heavy atom. The van der Waals surface area contributed by atoms with E-state index in [1.807, 2.05) is 14.1 Å². The molecular formula is C14H25N3. The Balaban J connectivity index is 2.99. The molecule has 17 heavy (non-hydrogen) atoms. The van der Waals surface area contributed by atoms with Crippen LogP contribution in [0.25, 0.3) is 0 Å². The lowest BCUT2D eigenvalue weighted by Gasteiger charge is -2.21. The molecule has 0 saturated heterocycles. The first-order valence-electron chi connectivity index (χ1n) is 6.06. The lowest BCUT2D eigenvalue weighted by atomic mass is 9.93. The van der Waals surface area contributed by atoms with Gasteiger partial charge in [-0.15, -0.1) is 0 Å². The standard InChI is InChI=1S/C14H25N3/c1-9-10(2)12(4)14(13(5)11(9)3)16-15-8-17(6)7/h15-16H,8H2,1-7H3. The van der Waals surface area contributed by atoms with Crippen LogP contribution in [0.15, 0.2) is 0 Å². The summed E-state index contributed by atoms with van der Waals surface area (Å²) in [6.45, 7) is 11.7. The number of hydrazine groups is 1. The molecule has 0 aliphatic carbocycles. The molecule has 1 rings (SSSR count). The van der Waals surface area contributed by atoms with Gasteiger partial charge in [0.05, 0.1) is 12.4 Å². The van der Waals surface area contributed by atoms with E-state index < -0.39 is 0 Å². The van der Waals surface area contributed by atoms with Crippen molar-refractivity contribution < 1.29 is 0 Å². The Kier molecular flexibility index (Phi) is 4.54. The van der Waals surface area contributed by atoms with E-state index >= 15 is 0 Å². The average Bonchev–Trinajstić information content (AvgIpc) is 2.28. The fourth-order valence-electron chi connectivity index (χ4n) is 1.97. The smallest absolute Gasteiger partial charge is 0.0658 e. The fourth-order valence-corrected chi connectivity index (χ4v) is 1.97. The van der Waals surface area contributed by atoms with Crippen molar-refractivity contribution >= 4 is 5.69 Å². The minimum atomic E-state index is 0.810. The molecule has 96 valence electrons. The molecule has 0 aliphatic rings. The van der Waals surface area contributed by atoms with Crippen LogP contribution in [0.5, 0.6) is 0 Å². The number of nitrogens with zero attached hydrogens (tertiary/aromatic N) is 1. The number of hydrogen-bond acceptors (Lipinski definition) is 3. The molecule has 3 heteroatoms. The maximum Gasteiger partial charge on any atom is 0.0658 e. The van der Waals surface area contributed by atoms with Gasteiger partial charge in [0, 0.05) is 0 Å². The number of benzene rings is 1. The third-order valence-corrected chi connectivity index (χ3v) is 3.61. The number of rotatable bonds is 4. The summed E-state index contributed by atoms with van der Waals surface area (Å²) in [5.41, 5.74) is 14.6. The van der Waals surface area contributed by atoms with E-state index in [0.29, 0.717) is 0 Å².